The molecular weight excluding hydrogens is 266 g/mol. The summed E-state index contributed by atoms with van der Waals surface area (Å²) in [6, 6.07) is 8.37. The maximum Gasteiger partial charge on any atom is 0.223 e. The van der Waals surface area contributed by atoms with Crippen molar-refractivity contribution < 1.29 is 4.79 Å². The maximum absolute atomic E-state index is 11.4. The molecule has 0 atom stereocenters. The first-order valence-corrected chi connectivity index (χ1v) is 6.49. The third kappa shape index (κ3) is 1.58. The molecule has 0 radical (unpaired) electrons. The van der Waals surface area contributed by atoms with E-state index in [-0.39, 0.29) is 11.8 Å². The molecule has 1 amide bonds. The van der Waals surface area contributed by atoms with E-state index in [0.29, 0.717) is 5.41 Å². The van der Waals surface area contributed by atoms with E-state index in [1.165, 1.54) is 10.0 Å². The number of piperidine rings is 2. The van der Waals surface area contributed by atoms with Gasteiger partial charge in [0.15, 0.2) is 0 Å². The van der Waals surface area contributed by atoms with Crippen LogP contribution in [0.5, 0.6) is 0 Å². The lowest BCUT2D eigenvalue weighted by Crippen LogP contribution is -2.58. The Morgan fingerprint density at radius 3 is 2.75 bits per heavy atom. The lowest BCUT2D eigenvalue weighted by molar-refractivity contribution is -0.140. The van der Waals surface area contributed by atoms with Crippen molar-refractivity contribution in [3.05, 3.63) is 34.3 Å². The van der Waals surface area contributed by atoms with Gasteiger partial charge in [-0.3, -0.25) is 4.79 Å². The topological polar surface area (TPSA) is 29.1 Å². The van der Waals surface area contributed by atoms with E-state index in [4.69, 9.17) is 0 Å². The Morgan fingerprint density at radius 1 is 1.38 bits per heavy atom. The molecule has 1 aliphatic carbocycles. The van der Waals surface area contributed by atoms with Crippen molar-refractivity contribution in [3.63, 3.8) is 0 Å². The van der Waals surface area contributed by atoms with Crippen molar-refractivity contribution in [2.45, 2.75) is 19.3 Å². The second-order valence-corrected chi connectivity index (χ2v) is 5.95. The zero-order valence-corrected chi connectivity index (χ0v) is 10.6. The van der Waals surface area contributed by atoms with E-state index in [9.17, 15) is 4.79 Å². The molecule has 2 nitrogen and oxygen atoms in total. The van der Waals surface area contributed by atoms with Crippen LogP contribution in [0.1, 0.15) is 18.4 Å². The van der Waals surface area contributed by atoms with Crippen LogP contribution in [0.3, 0.4) is 0 Å². The molecular formula is C13H14BrNO. The van der Waals surface area contributed by atoms with E-state index in [0.717, 1.165) is 25.8 Å². The fraction of sp³-hybridized carbons (Fsp3) is 0.462. The SMILES string of the molecule is O=C1NCC2(Cc3ccccc3Br)CC1C2. The van der Waals surface area contributed by atoms with Gasteiger partial charge in [-0.25, -0.2) is 0 Å². The van der Waals surface area contributed by atoms with Gasteiger partial charge in [-0.2, -0.15) is 0 Å². The first-order valence-electron chi connectivity index (χ1n) is 5.70. The van der Waals surface area contributed by atoms with Crippen LogP contribution >= 0.6 is 15.9 Å². The summed E-state index contributed by atoms with van der Waals surface area (Å²) >= 11 is 3.59. The first kappa shape index (κ1) is 10.3. The van der Waals surface area contributed by atoms with E-state index in [1.807, 2.05) is 6.07 Å². The van der Waals surface area contributed by atoms with E-state index in [2.05, 4.69) is 39.4 Å². The summed E-state index contributed by atoms with van der Waals surface area (Å²) < 4.78 is 1.18. The Kier molecular flexibility index (Phi) is 2.32. The molecule has 0 aromatic heterocycles. The normalized spacial score (nSPS) is 31.8. The molecule has 2 bridgehead atoms. The Bertz CT molecular complexity index is 432. The summed E-state index contributed by atoms with van der Waals surface area (Å²) in [7, 11) is 0. The van der Waals surface area contributed by atoms with Crippen LogP contribution in [0.2, 0.25) is 0 Å². The minimum absolute atomic E-state index is 0.258. The van der Waals surface area contributed by atoms with Gasteiger partial charge in [-0.15, -0.1) is 0 Å². The number of halogens is 1. The largest absolute Gasteiger partial charge is 0.355 e. The average Bonchev–Trinajstić information content (AvgIpc) is 2.23. The summed E-state index contributed by atoms with van der Waals surface area (Å²) in [6.07, 6.45) is 3.21. The quantitative estimate of drug-likeness (QED) is 0.886. The highest BCUT2D eigenvalue weighted by atomic mass is 79.9. The third-order valence-corrected chi connectivity index (χ3v) is 4.66. The number of carbonyl (C=O) groups excluding carboxylic acids is 1. The summed E-state index contributed by atoms with van der Waals surface area (Å²) in [6.45, 7) is 0.851. The molecule has 3 fully saturated rings. The predicted octanol–water partition coefficient (Wildman–Crippen LogP) is 2.52. The van der Waals surface area contributed by atoms with E-state index in [1.54, 1.807) is 0 Å². The van der Waals surface area contributed by atoms with E-state index < -0.39 is 0 Å². The monoisotopic (exact) mass is 279 g/mol. The lowest BCUT2D eigenvalue weighted by atomic mass is 9.57. The van der Waals surface area contributed by atoms with E-state index >= 15 is 0 Å². The fourth-order valence-corrected chi connectivity index (χ4v) is 3.41. The summed E-state index contributed by atoms with van der Waals surface area (Å²) in [5, 5.41) is 3.01. The van der Waals surface area contributed by atoms with Gasteiger partial charge in [-0.1, -0.05) is 34.1 Å². The van der Waals surface area contributed by atoms with Gasteiger partial charge in [0.25, 0.3) is 0 Å². The predicted molar refractivity (Wildman–Crippen MR) is 66.0 cm³/mol. The number of rotatable bonds is 2. The van der Waals surface area contributed by atoms with Crippen LogP contribution in [-0.4, -0.2) is 12.5 Å². The van der Waals surface area contributed by atoms with Crippen molar-refractivity contribution in [2.24, 2.45) is 11.3 Å². The molecule has 0 spiro atoms. The molecule has 2 heterocycles. The van der Waals surface area contributed by atoms with Gasteiger partial charge < -0.3 is 5.32 Å². The highest BCUT2D eigenvalue weighted by molar-refractivity contribution is 9.10. The summed E-state index contributed by atoms with van der Waals surface area (Å²) in [5.74, 6) is 0.547. The molecule has 2 saturated heterocycles. The van der Waals surface area contributed by atoms with Gasteiger partial charge >= 0.3 is 0 Å². The first-order chi connectivity index (χ1) is 7.69. The zero-order chi connectivity index (χ0) is 11.2. The molecule has 3 heteroatoms. The third-order valence-electron chi connectivity index (χ3n) is 3.89. The Hall–Kier alpha value is -0.830. The second-order valence-electron chi connectivity index (χ2n) is 5.09. The van der Waals surface area contributed by atoms with Gasteiger partial charge in [0, 0.05) is 16.9 Å². The van der Waals surface area contributed by atoms with Gasteiger partial charge in [-0.05, 0) is 36.3 Å². The number of hydrogen-bond donors (Lipinski definition) is 1. The van der Waals surface area contributed by atoms with Gasteiger partial charge in [0.2, 0.25) is 5.91 Å². The Morgan fingerprint density at radius 2 is 2.12 bits per heavy atom. The van der Waals surface area contributed by atoms with Gasteiger partial charge in [0.1, 0.15) is 0 Å². The molecule has 16 heavy (non-hydrogen) atoms. The molecule has 1 aromatic rings. The molecule has 1 aromatic carbocycles. The lowest BCUT2D eigenvalue weighted by Gasteiger charge is -2.52. The van der Waals surface area contributed by atoms with Gasteiger partial charge in [0.05, 0.1) is 0 Å². The molecule has 1 N–H and O–H groups in total. The number of nitrogens with one attached hydrogen (secondary N) is 1. The highest BCUT2D eigenvalue weighted by Crippen LogP contribution is 2.50. The molecule has 0 unspecified atom stereocenters. The van der Waals surface area contributed by atoms with Crippen molar-refractivity contribution >= 4 is 21.8 Å². The molecule has 1 saturated carbocycles. The van der Waals surface area contributed by atoms with Crippen LogP contribution in [-0.2, 0) is 11.2 Å². The average molecular weight is 280 g/mol. The van der Waals surface area contributed by atoms with Crippen molar-refractivity contribution in [3.8, 4) is 0 Å². The maximum atomic E-state index is 11.4. The standard InChI is InChI=1S/C13H14BrNO/c14-11-4-2-1-3-9(11)5-13-6-10(7-13)12(16)15-8-13/h1-4,10H,5-8H2,(H,15,16). The minimum atomic E-state index is 0.258. The Balaban J connectivity index is 1.77. The van der Waals surface area contributed by atoms with Crippen LogP contribution in [0.4, 0.5) is 0 Å². The zero-order valence-electron chi connectivity index (χ0n) is 9.00. The fourth-order valence-electron chi connectivity index (χ4n) is 2.99. The number of fused-ring (bicyclic) bond motifs is 2. The Labute approximate surface area is 104 Å². The molecule has 4 rings (SSSR count). The van der Waals surface area contributed by atoms with Crippen LogP contribution in [0, 0.1) is 11.3 Å². The van der Waals surface area contributed by atoms with Crippen molar-refractivity contribution in [1.82, 2.24) is 5.32 Å². The smallest absolute Gasteiger partial charge is 0.223 e. The molecule has 2 aliphatic heterocycles. The summed E-state index contributed by atoms with van der Waals surface area (Å²) in [5.41, 5.74) is 1.69. The number of amides is 1. The van der Waals surface area contributed by atoms with Crippen LogP contribution in [0.25, 0.3) is 0 Å². The highest BCUT2D eigenvalue weighted by Gasteiger charge is 2.51. The number of benzene rings is 1. The van der Waals surface area contributed by atoms with Crippen LogP contribution in [0.15, 0.2) is 28.7 Å². The number of carbonyl (C=O) groups is 1. The van der Waals surface area contributed by atoms with Crippen molar-refractivity contribution in [1.29, 1.82) is 0 Å². The van der Waals surface area contributed by atoms with Crippen LogP contribution < -0.4 is 5.32 Å². The van der Waals surface area contributed by atoms with Crippen molar-refractivity contribution in [2.75, 3.05) is 6.54 Å². The minimum Gasteiger partial charge on any atom is -0.355 e. The molecule has 84 valence electrons. The second kappa shape index (κ2) is 3.59. The number of hydrogen-bond acceptors (Lipinski definition) is 1. The molecule has 3 aliphatic rings. The summed E-state index contributed by atoms with van der Waals surface area (Å²) in [4.78, 5) is 11.4.